The lowest BCUT2D eigenvalue weighted by Gasteiger charge is -2.09. The number of fused-ring (bicyclic) bond motifs is 4. The van der Waals surface area contributed by atoms with Gasteiger partial charge >= 0.3 is 0 Å². The quantitative estimate of drug-likeness (QED) is 0.313. The summed E-state index contributed by atoms with van der Waals surface area (Å²) in [7, 11) is 0. The van der Waals surface area contributed by atoms with Crippen molar-refractivity contribution in [3.63, 3.8) is 0 Å². The minimum atomic E-state index is 1.32. The Kier molecular flexibility index (Phi) is 1.78. The van der Waals surface area contributed by atoms with Gasteiger partial charge in [0.25, 0.3) is 0 Å². The monoisotopic (exact) mass is 252 g/mol. The second-order valence-electron chi connectivity index (χ2n) is 5.45. The van der Waals surface area contributed by atoms with Crippen molar-refractivity contribution in [2.75, 3.05) is 0 Å². The zero-order chi connectivity index (χ0) is 13.1. The van der Waals surface area contributed by atoms with E-state index in [2.05, 4.69) is 72.8 Å². The van der Waals surface area contributed by atoms with Gasteiger partial charge in [-0.05, 0) is 55.6 Å². The van der Waals surface area contributed by atoms with E-state index in [4.69, 9.17) is 0 Å². The van der Waals surface area contributed by atoms with Gasteiger partial charge in [0.2, 0.25) is 0 Å². The summed E-state index contributed by atoms with van der Waals surface area (Å²) in [5.74, 6) is 0. The van der Waals surface area contributed by atoms with Crippen LogP contribution >= 0.6 is 0 Å². The van der Waals surface area contributed by atoms with Gasteiger partial charge in [0.05, 0.1) is 0 Å². The summed E-state index contributed by atoms with van der Waals surface area (Å²) in [6.45, 7) is 0. The predicted octanol–water partition coefficient (Wildman–Crippen LogP) is 5.63. The lowest BCUT2D eigenvalue weighted by atomic mass is 9.94. The fourth-order valence-corrected chi connectivity index (χ4v) is 3.50. The first-order valence-corrected chi connectivity index (χ1v) is 6.97. The summed E-state index contributed by atoms with van der Waals surface area (Å²) in [6.07, 6.45) is 4.54. The lowest BCUT2D eigenvalue weighted by Crippen LogP contribution is -1.84. The molecule has 0 N–H and O–H groups in total. The summed E-state index contributed by atoms with van der Waals surface area (Å²) in [5, 5.41) is 8.10. The minimum Gasteiger partial charge on any atom is -0.0616 e. The molecule has 0 nitrogen and oxygen atoms in total. The zero-order valence-corrected chi connectivity index (χ0v) is 10.9. The van der Waals surface area contributed by atoms with Crippen LogP contribution in [0, 0.1) is 0 Å². The van der Waals surface area contributed by atoms with E-state index in [1.165, 1.54) is 43.4 Å². The fourth-order valence-electron chi connectivity index (χ4n) is 3.50. The topological polar surface area (TPSA) is 0 Å². The normalized spacial score (nSPS) is 12.8. The number of benzene rings is 4. The molecule has 1 aliphatic rings. The molecule has 0 bridgehead atoms. The van der Waals surface area contributed by atoms with Gasteiger partial charge in [-0.2, -0.15) is 0 Å². The van der Waals surface area contributed by atoms with Crippen molar-refractivity contribution in [2.24, 2.45) is 0 Å². The summed E-state index contributed by atoms with van der Waals surface area (Å²) in [5.41, 5.74) is 2.75. The Morgan fingerprint density at radius 3 is 1.55 bits per heavy atom. The highest BCUT2D eigenvalue weighted by molar-refractivity contribution is 6.20. The van der Waals surface area contributed by atoms with Crippen LogP contribution in [0.1, 0.15) is 11.1 Å². The molecular weight excluding hydrogens is 240 g/mol. The number of hydrogen-bond donors (Lipinski definition) is 0. The van der Waals surface area contributed by atoms with E-state index in [0.29, 0.717) is 0 Å². The van der Waals surface area contributed by atoms with Crippen molar-refractivity contribution in [3.05, 3.63) is 71.8 Å². The zero-order valence-electron chi connectivity index (χ0n) is 10.9. The highest BCUT2D eigenvalue weighted by atomic mass is 14.2. The molecule has 0 saturated carbocycles. The summed E-state index contributed by atoms with van der Waals surface area (Å²) < 4.78 is 0. The largest absolute Gasteiger partial charge is 0.0616 e. The van der Waals surface area contributed by atoms with Crippen LogP contribution in [0.3, 0.4) is 0 Å². The van der Waals surface area contributed by atoms with Crippen LogP contribution < -0.4 is 0 Å². The molecule has 0 aliphatic heterocycles. The molecule has 0 heteroatoms. The molecule has 0 aromatic heterocycles. The van der Waals surface area contributed by atoms with Gasteiger partial charge in [0, 0.05) is 0 Å². The van der Waals surface area contributed by atoms with Crippen LogP contribution in [0.5, 0.6) is 0 Å². The van der Waals surface area contributed by atoms with Gasteiger partial charge < -0.3 is 0 Å². The van der Waals surface area contributed by atoms with Crippen LogP contribution in [0.15, 0.2) is 60.7 Å². The fraction of sp³-hybridized carbons (Fsp3) is 0. The van der Waals surface area contributed by atoms with Crippen LogP contribution in [0.25, 0.3) is 44.5 Å². The molecule has 0 fully saturated rings. The maximum absolute atomic E-state index is 2.32. The van der Waals surface area contributed by atoms with Crippen LogP contribution in [-0.2, 0) is 0 Å². The van der Waals surface area contributed by atoms with Crippen LogP contribution in [0.2, 0.25) is 0 Å². The van der Waals surface area contributed by atoms with E-state index in [0.717, 1.165) is 0 Å². The first-order valence-electron chi connectivity index (χ1n) is 6.97. The molecule has 0 atom stereocenters. The molecule has 5 rings (SSSR count). The molecule has 92 valence electrons. The standard InChI is InChI=1S/C20H12/c1-3-7-16-13(5-1)11-15-12-14-6-2-4-8-17(14)19-10-9-18(16)20(15)19/h1-12H. The number of hydrogen-bond acceptors (Lipinski definition) is 0. The third kappa shape index (κ3) is 1.16. The van der Waals surface area contributed by atoms with Crippen LogP contribution in [-0.4, -0.2) is 0 Å². The van der Waals surface area contributed by atoms with E-state index in [-0.39, 0.29) is 0 Å². The molecule has 0 heterocycles. The van der Waals surface area contributed by atoms with Crippen LogP contribution in [0.4, 0.5) is 0 Å². The van der Waals surface area contributed by atoms with Gasteiger partial charge in [-0.15, -0.1) is 0 Å². The van der Waals surface area contributed by atoms with E-state index < -0.39 is 0 Å². The maximum Gasteiger partial charge on any atom is -0.00259 e. The Morgan fingerprint density at radius 2 is 1.00 bits per heavy atom. The van der Waals surface area contributed by atoms with E-state index in [1.54, 1.807) is 0 Å². The van der Waals surface area contributed by atoms with Gasteiger partial charge in [-0.1, -0.05) is 60.7 Å². The third-order valence-electron chi connectivity index (χ3n) is 4.37. The van der Waals surface area contributed by atoms with Gasteiger partial charge in [-0.25, -0.2) is 0 Å². The summed E-state index contributed by atoms with van der Waals surface area (Å²) in [6, 6.07) is 21.9. The minimum absolute atomic E-state index is 1.32. The number of rotatable bonds is 0. The van der Waals surface area contributed by atoms with E-state index >= 15 is 0 Å². The Balaban J connectivity index is 2.14. The molecule has 0 spiro atoms. The maximum atomic E-state index is 2.32. The van der Waals surface area contributed by atoms with Crippen molar-refractivity contribution in [1.82, 2.24) is 0 Å². The molecule has 0 unspecified atom stereocenters. The average Bonchev–Trinajstić information content (AvgIpc) is 2.94. The Bertz CT molecular complexity index is 955. The first kappa shape index (κ1) is 10.2. The van der Waals surface area contributed by atoms with Crippen molar-refractivity contribution < 1.29 is 0 Å². The van der Waals surface area contributed by atoms with Gasteiger partial charge in [-0.3, -0.25) is 0 Å². The van der Waals surface area contributed by atoms with Gasteiger partial charge in [0.1, 0.15) is 0 Å². The Morgan fingerprint density at radius 1 is 0.500 bits per heavy atom. The van der Waals surface area contributed by atoms with Crippen molar-refractivity contribution in [3.8, 4) is 0 Å². The van der Waals surface area contributed by atoms with E-state index in [1.807, 2.05) is 0 Å². The second kappa shape index (κ2) is 3.49. The smallest absolute Gasteiger partial charge is 0.00259 e. The Labute approximate surface area is 117 Å². The molecule has 0 radical (unpaired) electrons. The van der Waals surface area contributed by atoms with Crippen molar-refractivity contribution in [2.45, 2.75) is 0 Å². The second-order valence-corrected chi connectivity index (χ2v) is 5.45. The third-order valence-corrected chi connectivity index (χ3v) is 4.37. The molecular formula is C20H12. The molecule has 1 aliphatic carbocycles. The van der Waals surface area contributed by atoms with Crippen molar-refractivity contribution in [1.29, 1.82) is 0 Å². The lowest BCUT2D eigenvalue weighted by molar-refractivity contribution is 1.76. The molecule has 4 aromatic rings. The highest BCUT2D eigenvalue weighted by Crippen LogP contribution is 2.40. The molecule has 20 heavy (non-hydrogen) atoms. The average molecular weight is 252 g/mol. The van der Waals surface area contributed by atoms with Gasteiger partial charge in [0.15, 0.2) is 0 Å². The van der Waals surface area contributed by atoms with E-state index in [9.17, 15) is 0 Å². The first-order chi connectivity index (χ1) is 9.92. The summed E-state index contributed by atoms with van der Waals surface area (Å²) in [4.78, 5) is 0. The summed E-state index contributed by atoms with van der Waals surface area (Å²) >= 11 is 0. The van der Waals surface area contributed by atoms with Crippen molar-refractivity contribution >= 4 is 44.5 Å². The molecule has 0 amide bonds. The highest BCUT2D eigenvalue weighted by Gasteiger charge is 2.15. The molecule has 0 saturated heterocycles. The SMILES string of the molecule is C1=Cc2c3ccccc3cc3cc4ccccc4c1c23. The Hall–Kier alpha value is -2.60. The molecule has 4 aromatic carbocycles. The predicted molar refractivity (Wildman–Crippen MR) is 87.9 cm³/mol.